The molecule has 0 aromatic heterocycles. The Morgan fingerprint density at radius 2 is 1.89 bits per heavy atom. The Hall–Kier alpha value is -0.980. The lowest BCUT2D eigenvalue weighted by molar-refractivity contribution is 0.573. The summed E-state index contributed by atoms with van der Waals surface area (Å²) >= 11 is 4.74. The predicted octanol–water partition coefficient (Wildman–Crippen LogP) is 1.38. The van der Waals surface area contributed by atoms with Gasteiger partial charge < -0.3 is 5.73 Å². The van der Waals surface area contributed by atoms with Gasteiger partial charge in [0.1, 0.15) is 0 Å². The Balaban J connectivity index is 2.69. The zero-order valence-electron chi connectivity index (χ0n) is 10.5. The molecular formula is C12H18N2O2S2. The van der Waals surface area contributed by atoms with Crippen LogP contribution in [-0.2, 0) is 10.0 Å². The van der Waals surface area contributed by atoms with Crippen LogP contribution in [-0.4, -0.2) is 25.2 Å². The minimum Gasteiger partial charge on any atom is -0.392 e. The second-order valence-corrected chi connectivity index (χ2v) is 6.60. The first-order chi connectivity index (χ1) is 8.32. The molecule has 4 nitrogen and oxygen atoms in total. The zero-order chi connectivity index (χ0) is 13.8. The van der Waals surface area contributed by atoms with Crippen molar-refractivity contribution in [1.82, 2.24) is 4.72 Å². The molecule has 0 saturated heterocycles. The molecule has 1 aromatic rings. The average molecular weight is 286 g/mol. The second-order valence-electron chi connectivity index (χ2n) is 4.34. The van der Waals surface area contributed by atoms with Gasteiger partial charge in [-0.05, 0) is 18.4 Å². The predicted molar refractivity (Wildman–Crippen MR) is 78.0 cm³/mol. The van der Waals surface area contributed by atoms with Crippen LogP contribution in [0.2, 0.25) is 0 Å². The van der Waals surface area contributed by atoms with Crippen molar-refractivity contribution in [3.8, 4) is 0 Å². The third kappa shape index (κ3) is 4.72. The SMILES string of the molecule is CC(NS(=O)(=O)CC(C)c1ccccc1)C(N)=S. The molecule has 2 atom stereocenters. The maximum absolute atomic E-state index is 11.9. The summed E-state index contributed by atoms with van der Waals surface area (Å²) in [6.45, 7) is 3.51. The highest BCUT2D eigenvalue weighted by molar-refractivity contribution is 7.89. The van der Waals surface area contributed by atoms with Crippen LogP contribution in [0.15, 0.2) is 30.3 Å². The molecule has 100 valence electrons. The lowest BCUT2D eigenvalue weighted by Crippen LogP contribution is -2.42. The molecule has 6 heteroatoms. The van der Waals surface area contributed by atoms with E-state index in [0.717, 1.165) is 5.56 Å². The molecule has 0 aliphatic rings. The number of nitrogens with two attached hydrogens (primary N) is 1. The van der Waals surface area contributed by atoms with E-state index in [1.165, 1.54) is 0 Å². The van der Waals surface area contributed by atoms with Gasteiger partial charge in [-0.1, -0.05) is 49.5 Å². The minimum atomic E-state index is -3.39. The van der Waals surface area contributed by atoms with Gasteiger partial charge in [0, 0.05) is 0 Å². The molecule has 0 heterocycles. The summed E-state index contributed by atoms with van der Waals surface area (Å²) in [5.74, 6) is -0.0634. The van der Waals surface area contributed by atoms with Crippen molar-refractivity contribution in [2.45, 2.75) is 25.8 Å². The fourth-order valence-corrected chi connectivity index (χ4v) is 3.33. The highest BCUT2D eigenvalue weighted by atomic mass is 32.2. The first-order valence-electron chi connectivity index (χ1n) is 5.66. The van der Waals surface area contributed by atoms with Crippen molar-refractivity contribution in [1.29, 1.82) is 0 Å². The Morgan fingerprint density at radius 3 is 2.39 bits per heavy atom. The van der Waals surface area contributed by atoms with Gasteiger partial charge in [-0.25, -0.2) is 13.1 Å². The van der Waals surface area contributed by atoms with Gasteiger partial charge in [-0.15, -0.1) is 0 Å². The molecule has 1 aromatic carbocycles. The number of hydrogen-bond acceptors (Lipinski definition) is 3. The van der Waals surface area contributed by atoms with E-state index in [-0.39, 0.29) is 16.7 Å². The van der Waals surface area contributed by atoms with Crippen LogP contribution in [0.25, 0.3) is 0 Å². The van der Waals surface area contributed by atoms with Crippen molar-refractivity contribution in [3.63, 3.8) is 0 Å². The van der Waals surface area contributed by atoms with Crippen LogP contribution in [0.4, 0.5) is 0 Å². The van der Waals surface area contributed by atoms with E-state index in [4.69, 9.17) is 18.0 Å². The maximum Gasteiger partial charge on any atom is 0.212 e. The van der Waals surface area contributed by atoms with E-state index >= 15 is 0 Å². The summed E-state index contributed by atoms with van der Waals surface area (Å²) in [5, 5.41) is 0. The van der Waals surface area contributed by atoms with Crippen molar-refractivity contribution < 1.29 is 8.42 Å². The molecule has 0 bridgehead atoms. The molecule has 3 N–H and O–H groups in total. The highest BCUT2D eigenvalue weighted by Crippen LogP contribution is 2.16. The number of rotatable bonds is 6. The summed E-state index contributed by atoms with van der Waals surface area (Å²) in [5.41, 5.74) is 6.38. The Labute approximate surface area is 114 Å². The van der Waals surface area contributed by atoms with Crippen molar-refractivity contribution in [2.24, 2.45) is 5.73 Å². The monoisotopic (exact) mass is 286 g/mol. The summed E-state index contributed by atoms with van der Waals surface area (Å²) in [6.07, 6.45) is 0. The van der Waals surface area contributed by atoms with E-state index in [2.05, 4.69) is 4.72 Å². The van der Waals surface area contributed by atoms with E-state index < -0.39 is 16.1 Å². The minimum absolute atomic E-state index is 0.0178. The van der Waals surface area contributed by atoms with Crippen LogP contribution >= 0.6 is 12.2 Å². The third-order valence-corrected chi connectivity index (χ3v) is 4.63. The lowest BCUT2D eigenvalue weighted by Gasteiger charge is -2.16. The summed E-state index contributed by atoms with van der Waals surface area (Å²) in [4.78, 5) is 0.144. The fourth-order valence-electron chi connectivity index (χ4n) is 1.58. The quantitative estimate of drug-likeness (QED) is 0.775. The largest absolute Gasteiger partial charge is 0.392 e. The van der Waals surface area contributed by atoms with Gasteiger partial charge in [-0.3, -0.25) is 0 Å². The van der Waals surface area contributed by atoms with Crippen LogP contribution < -0.4 is 10.5 Å². The van der Waals surface area contributed by atoms with Gasteiger partial charge in [0.15, 0.2) is 0 Å². The van der Waals surface area contributed by atoms with E-state index in [1.807, 2.05) is 37.3 Å². The lowest BCUT2D eigenvalue weighted by atomic mass is 10.0. The van der Waals surface area contributed by atoms with Gasteiger partial charge in [0.25, 0.3) is 0 Å². The van der Waals surface area contributed by atoms with Crippen molar-refractivity contribution in [2.75, 3.05) is 5.75 Å². The third-order valence-electron chi connectivity index (χ3n) is 2.62. The molecular weight excluding hydrogens is 268 g/mol. The summed E-state index contributed by atoms with van der Waals surface area (Å²) in [6, 6.07) is 8.99. The number of hydrogen-bond donors (Lipinski definition) is 2. The van der Waals surface area contributed by atoms with Crippen LogP contribution in [0.1, 0.15) is 25.3 Å². The molecule has 0 amide bonds. The highest BCUT2D eigenvalue weighted by Gasteiger charge is 2.20. The van der Waals surface area contributed by atoms with Gasteiger partial charge in [0.05, 0.1) is 16.8 Å². The van der Waals surface area contributed by atoms with Crippen LogP contribution in [0, 0.1) is 0 Å². The molecule has 0 aliphatic carbocycles. The summed E-state index contributed by atoms with van der Waals surface area (Å²) in [7, 11) is -3.39. The van der Waals surface area contributed by atoms with E-state index in [0.29, 0.717) is 0 Å². The number of thiocarbonyl (C=S) groups is 1. The first-order valence-corrected chi connectivity index (χ1v) is 7.72. The maximum atomic E-state index is 11.9. The molecule has 0 fully saturated rings. The van der Waals surface area contributed by atoms with E-state index in [9.17, 15) is 8.42 Å². The standard InChI is InChI=1S/C12H18N2O2S2/c1-9(11-6-4-3-5-7-11)8-18(15,16)14-10(2)12(13)17/h3-7,9-10,14H,8H2,1-2H3,(H2,13,17). The Morgan fingerprint density at radius 1 is 1.33 bits per heavy atom. The Kier molecular flexibility index (Phi) is 5.25. The summed E-state index contributed by atoms with van der Waals surface area (Å²) < 4.78 is 26.3. The normalized spacial score (nSPS) is 15.0. The van der Waals surface area contributed by atoms with Gasteiger partial charge in [0.2, 0.25) is 10.0 Å². The topological polar surface area (TPSA) is 72.2 Å². The number of nitrogens with one attached hydrogen (secondary N) is 1. The molecule has 18 heavy (non-hydrogen) atoms. The molecule has 0 saturated carbocycles. The smallest absolute Gasteiger partial charge is 0.212 e. The first kappa shape index (κ1) is 15.1. The number of sulfonamides is 1. The molecule has 0 radical (unpaired) electrons. The molecule has 2 unspecified atom stereocenters. The molecule has 0 spiro atoms. The van der Waals surface area contributed by atoms with Crippen molar-refractivity contribution in [3.05, 3.63) is 35.9 Å². The van der Waals surface area contributed by atoms with Gasteiger partial charge in [-0.2, -0.15) is 0 Å². The van der Waals surface area contributed by atoms with Gasteiger partial charge >= 0.3 is 0 Å². The van der Waals surface area contributed by atoms with Crippen molar-refractivity contribution >= 4 is 27.2 Å². The number of benzene rings is 1. The van der Waals surface area contributed by atoms with E-state index in [1.54, 1.807) is 6.92 Å². The zero-order valence-corrected chi connectivity index (χ0v) is 12.1. The average Bonchev–Trinajstić information content (AvgIpc) is 2.28. The molecule has 1 rings (SSSR count). The second kappa shape index (κ2) is 6.26. The van der Waals surface area contributed by atoms with Crippen LogP contribution in [0.3, 0.4) is 0 Å². The molecule has 0 aliphatic heterocycles. The Bertz CT molecular complexity index is 500. The fraction of sp³-hybridized carbons (Fsp3) is 0.417. The van der Waals surface area contributed by atoms with Crippen LogP contribution in [0.5, 0.6) is 0 Å².